The second-order valence-corrected chi connectivity index (χ2v) is 16.7. The Morgan fingerprint density at radius 3 is 1.46 bits per heavy atom. The Balaban J connectivity index is 0.00000116. The maximum atomic E-state index is 12.1. The summed E-state index contributed by atoms with van der Waals surface area (Å²) in [7, 11) is -5.40. The molecule has 4 aromatic carbocycles. The highest BCUT2D eigenvalue weighted by Gasteiger charge is 2.44. The number of phenols is 3. The van der Waals surface area contributed by atoms with Gasteiger partial charge in [-0.25, -0.2) is 0 Å². The van der Waals surface area contributed by atoms with E-state index in [2.05, 4.69) is 96.3 Å². The average molecular weight is 693 g/mol. The largest absolute Gasteiger partial charge is 0.504 e. The molecule has 5 N–H and O–H groups in total. The molecule has 0 fully saturated rings. The van der Waals surface area contributed by atoms with E-state index in [9.17, 15) is 28.5 Å². The van der Waals surface area contributed by atoms with E-state index in [0.29, 0.717) is 18.4 Å². The van der Waals surface area contributed by atoms with Crippen molar-refractivity contribution in [1.82, 2.24) is 5.32 Å². The van der Waals surface area contributed by atoms with Gasteiger partial charge in [-0.3, -0.25) is 9.35 Å². The number of unbranched alkanes of at least 4 members (excludes halogenated alkanes) is 7. The van der Waals surface area contributed by atoms with Gasteiger partial charge in [0.1, 0.15) is 23.2 Å². The lowest BCUT2D eigenvalue weighted by atomic mass is 10.1. The number of nitrogens with one attached hydrogen (secondary N) is 1. The van der Waals surface area contributed by atoms with E-state index in [0.717, 1.165) is 19.3 Å². The number of aromatic hydroxyl groups is 3. The van der Waals surface area contributed by atoms with Crippen LogP contribution < -0.4 is 21.2 Å². The average Bonchev–Trinajstić information content (AvgIpc) is 3.07. The molecule has 0 spiro atoms. The summed E-state index contributed by atoms with van der Waals surface area (Å²) in [6, 6.07) is 35.9. The summed E-state index contributed by atoms with van der Waals surface area (Å²) in [5, 5.41) is 35.8. The standard InChI is InChI=1S/C37H42NO4P.CH4O3S/c39-34-28-30(29-35(40)37(34)42)24-25-36(41)38-26-16-5-3-1-2-4-6-17-27-43(31-18-10-7-11-19-31,32-20-12-8-13-21-32)33-22-14-9-15-23-33;1-5(2,3)4/h7-15,18-25,28-29H,1-6,16-17,26-27H2,(H3-,38,39,40,41,42);1H3,(H,2,3,4)/p+1. The zero-order valence-electron chi connectivity index (χ0n) is 27.4. The molecule has 1 amide bonds. The van der Waals surface area contributed by atoms with E-state index in [1.807, 2.05) is 0 Å². The zero-order chi connectivity index (χ0) is 34.8. The summed E-state index contributed by atoms with van der Waals surface area (Å²) in [6.45, 7) is 0.611. The van der Waals surface area contributed by atoms with E-state index >= 15 is 0 Å². The van der Waals surface area contributed by atoms with Crippen molar-refractivity contribution in [2.45, 2.75) is 51.4 Å². The van der Waals surface area contributed by atoms with Crippen LogP contribution in [-0.2, 0) is 14.9 Å². The van der Waals surface area contributed by atoms with Gasteiger partial charge < -0.3 is 20.6 Å². The minimum Gasteiger partial charge on any atom is -0.504 e. The molecule has 10 heteroatoms. The van der Waals surface area contributed by atoms with Crippen LogP contribution in [0.15, 0.2) is 109 Å². The normalized spacial score (nSPS) is 11.5. The van der Waals surface area contributed by atoms with Crippen molar-refractivity contribution in [3.63, 3.8) is 0 Å². The number of phenolic OH excluding ortho intramolecular Hbond substituents is 3. The summed E-state index contributed by atoms with van der Waals surface area (Å²) in [5.74, 6) is -1.66. The third-order valence-corrected chi connectivity index (χ3v) is 12.4. The molecule has 0 aliphatic heterocycles. The van der Waals surface area contributed by atoms with Crippen LogP contribution in [0.1, 0.15) is 56.9 Å². The second-order valence-electron chi connectivity index (χ2n) is 11.6. The minimum atomic E-state index is -3.67. The number of rotatable bonds is 16. The maximum absolute atomic E-state index is 12.1. The number of carbonyl (C=O) groups excluding carboxylic acids is 1. The van der Waals surface area contributed by atoms with E-state index < -0.39 is 34.6 Å². The Bertz CT molecular complexity index is 1550. The van der Waals surface area contributed by atoms with Crippen LogP contribution >= 0.6 is 7.26 Å². The van der Waals surface area contributed by atoms with Crippen LogP contribution in [0.25, 0.3) is 6.08 Å². The topological polar surface area (TPSA) is 144 Å². The van der Waals surface area contributed by atoms with Gasteiger partial charge in [-0.2, -0.15) is 8.42 Å². The SMILES string of the molecule is CS(=O)(=O)O.O=C(/C=C/c1cc(O)c(O)c(O)c1)NCCCCCCCCCC[P+](c1ccccc1)(c1ccccc1)c1ccccc1. The van der Waals surface area contributed by atoms with Gasteiger partial charge in [0.2, 0.25) is 5.91 Å². The maximum Gasteiger partial charge on any atom is 0.261 e. The molecule has 0 saturated carbocycles. The summed E-state index contributed by atoms with van der Waals surface area (Å²) in [6.07, 6.45) is 14.0. The lowest BCUT2D eigenvalue weighted by Gasteiger charge is -2.27. The number of hydrogen-bond donors (Lipinski definition) is 5. The Morgan fingerprint density at radius 2 is 1.04 bits per heavy atom. The zero-order valence-corrected chi connectivity index (χ0v) is 29.1. The van der Waals surface area contributed by atoms with E-state index in [1.165, 1.54) is 78.5 Å². The summed E-state index contributed by atoms with van der Waals surface area (Å²) < 4.78 is 25.9. The number of amides is 1. The first-order valence-corrected chi connectivity index (χ1v) is 20.0. The number of carbonyl (C=O) groups is 1. The van der Waals surface area contributed by atoms with E-state index in [-0.39, 0.29) is 5.91 Å². The summed E-state index contributed by atoms with van der Waals surface area (Å²) in [5.41, 5.74) is 0.427. The fourth-order valence-corrected chi connectivity index (χ4v) is 9.99. The highest BCUT2D eigenvalue weighted by Crippen LogP contribution is 2.56. The quantitative estimate of drug-likeness (QED) is 0.0295. The van der Waals surface area contributed by atoms with Gasteiger partial charge in [-0.1, -0.05) is 86.7 Å². The van der Waals surface area contributed by atoms with Crippen molar-refractivity contribution in [3.05, 3.63) is 115 Å². The van der Waals surface area contributed by atoms with E-state index in [4.69, 9.17) is 4.55 Å². The second kappa shape index (κ2) is 19.6. The van der Waals surface area contributed by atoms with Crippen molar-refractivity contribution in [3.8, 4) is 17.2 Å². The van der Waals surface area contributed by atoms with Crippen LogP contribution in [0.2, 0.25) is 0 Å². The summed E-state index contributed by atoms with van der Waals surface area (Å²) >= 11 is 0. The molecule has 0 heterocycles. The van der Waals surface area contributed by atoms with Crippen molar-refractivity contribution >= 4 is 45.3 Å². The predicted molar refractivity (Wildman–Crippen MR) is 198 cm³/mol. The van der Waals surface area contributed by atoms with Gasteiger partial charge in [0.25, 0.3) is 10.1 Å². The highest BCUT2D eigenvalue weighted by atomic mass is 32.2. The molecular weight excluding hydrogens is 645 g/mol. The van der Waals surface area contributed by atoms with Gasteiger partial charge in [0.15, 0.2) is 17.2 Å². The van der Waals surface area contributed by atoms with Gasteiger partial charge >= 0.3 is 0 Å². The molecule has 0 aliphatic carbocycles. The van der Waals surface area contributed by atoms with Crippen molar-refractivity contribution < 1.29 is 33.1 Å². The molecular formula is C38H47NO7PS+. The number of hydrogen-bond acceptors (Lipinski definition) is 6. The molecule has 256 valence electrons. The molecule has 48 heavy (non-hydrogen) atoms. The van der Waals surface area contributed by atoms with Crippen LogP contribution in [0.5, 0.6) is 17.2 Å². The molecule has 0 aliphatic rings. The summed E-state index contributed by atoms with van der Waals surface area (Å²) in [4.78, 5) is 12.1. The van der Waals surface area contributed by atoms with Crippen molar-refractivity contribution in [2.75, 3.05) is 19.0 Å². The molecule has 0 atom stereocenters. The van der Waals surface area contributed by atoms with Gasteiger partial charge in [-0.15, -0.1) is 0 Å². The molecule has 0 bridgehead atoms. The first-order valence-electron chi connectivity index (χ1n) is 16.2. The fourth-order valence-electron chi connectivity index (χ4n) is 5.58. The Kier molecular flexibility index (Phi) is 15.6. The Hall–Kier alpha value is -4.17. The molecule has 8 nitrogen and oxygen atoms in total. The molecule has 0 saturated heterocycles. The first-order chi connectivity index (χ1) is 23.0. The van der Waals surface area contributed by atoms with Gasteiger partial charge in [0.05, 0.1) is 12.4 Å². The van der Waals surface area contributed by atoms with Gasteiger partial charge in [-0.05, 0) is 79.4 Å². The van der Waals surface area contributed by atoms with Crippen LogP contribution in [0.3, 0.4) is 0 Å². The first kappa shape index (κ1) is 38.3. The van der Waals surface area contributed by atoms with Gasteiger partial charge in [0, 0.05) is 12.6 Å². The monoisotopic (exact) mass is 692 g/mol. The lowest BCUT2D eigenvalue weighted by molar-refractivity contribution is -0.116. The molecule has 4 rings (SSSR count). The fraction of sp³-hybridized carbons (Fsp3) is 0.289. The van der Waals surface area contributed by atoms with Crippen LogP contribution in [0, 0.1) is 0 Å². The molecule has 4 aromatic rings. The third kappa shape index (κ3) is 12.8. The third-order valence-electron chi connectivity index (χ3n) is 7.83. The minimum absolute atomic E-state index is 0.229. The number of benzene rings is 4. The lowest BCUT2D eigenvalue weighted by Crippen LogP contribution is -2.33. The predicted octanol–water partition coefficient (Wildman–Crippen LogP) is 6.55. The Labute approximate surface area is 285 Å². The van der Waals surface area contributed by atoms with Crippen molar-refractivity contribution in [1.29, 1.82) is 0 Å². The smallest absolute Gasteiger partial charge is 0.261 e. The van der Waals surface area contributed by atoms with E-state index in [1.54, 1.807) is 0 Å². The highest BCUT2D eigenvalue weighted by molar-refractivity contribution is 7.95. The molecule has 0 aromatic heterocycles. The molecule has 0 unspecified atom stereocenters. The van der Waals surface area contributed by atoms with Crippen LogP contribution in [0.4, 0.5) is 0 Å². The van der Waals surface area contributed by atoms with Crippen molar-refractivity contribution in [2.24, 2.45) is 0 Å². The Morgan fingerprint density at radius 1 is 0.667 bits per heavy atom. The van der Waals surface area contributed by atoms with Crippen LogP contribution in [-0.4, -0.2) is 53.2 Å². The molecule has 0 radical (unpaired) electrons.